The van der Waals surface area contributed by atoms with Crippen molar-refractivity contribution in [3.8, 4) is 5.75 Å². The van der Waals surface area contributed by atoms with Gasteiger partial charge in [-0.15, -0.1) is 0 Å². The van der Waals surface area contributed by atoms with Gasteiger partial charge in [0.1, 0.15) is 12.4 Å². The van der Waals surface area contributed by atoms with E-state index in [0.29, 0.717) is 25.6 Å². The third-order valence-electron chi connectivity index (χ3n) is 3.33. The van der Waals surface area contributed by atoms with Crippen LogP contribution in [-0.4, -0.2) is 19.7 Å². The van der Waals surface area contributed by atoms with Crippen molar-refractivity contribution in [3.63, 3.8) is 0 Å². The molecule has 3 heteroatoms. The minimum absolute atomic E-state index is 0.304. The average Bonchev–Trinajstić information content (AvgIpc) is 2.52. The van der Waals surface area contributed by atoms with Crippen LogP contribution >= 0.6 is 0 Å². The topological polar surface area (TPSA) is 61.3 Å². The molecule has 0 spiro atoms. The van der Waals surface area contributed by atoms with E-state index < -0.39 is 0 Å². The molecule has 0 aliphatic heterocycles. The Morgan fingerprint density at radius 3 is 2.45 bits per heavy atom. The Balaban J connectivity index is 2.10. The highest BCUT2D eigenvalue weighted by Gasteiger charge is 2.11. The van der Waals surface area contributed by atoms with Crippen molar-refractivity contribution in [1.82, 2.24) is 0 Å². The maximum atomic E-state index is 5.94. The molecule has 0 fully saturated rings. The zero-order valence-electron chi connectivity index (χ0n) is 11.7. The molecule has 4 N–H and O–H groups in total. The predicted octanol–water partition coefficient (Wildman–Crippen LogP) is 2.31. The molecule has 0 saturated heterocycles. The maximum absolute atomic E-state index is 5.94. The Morgan fingerprint density at radius 2 is 1.75 bits per heavy atom. The van der Waals surface area contributed by atoms with Crippen LogP contribution in [0.1, 0.15) is 17.0 Å². The number of ether oxygens (including phenoxy) is 1. The molecule has 3 nitrogen and oxygen atoms in total. The summed E-state index contributed by atoms with van der Waals surface area (Å²) in [7, 11) is 0. The van der Waals surface area contributed by atoms with Gasteiger partial charge in [0.2, 0.25) is 0 Å². The van der Waals surface area contributed by atoms with E-state index in [9.17, 15) is 0 Å². The zero-order chi connectivity index (χ0) is 14.2. The SMILES string of the molecule is NCCOc1cccc(C(CN)Cc2ccccc2)c1. The Bertz CT molecular complexity index is 513. The standard InChI is InChI=1S/C17H22N2O/c18-9-10-20-17-8-4-7-15(12-17)16(13-19)11-14-5-2-1-3-6-14/h1-8,12,16H,9-11,13,18-19H2. The quantitative estimate of drug-likeness (QED) is 0.811. The van der Waals surface area contributed by atoms with Crippen molar-refractivity contribution >= 4 is 0 Å². The molecular formula is C17H22N2O. The van der Waals surface area contributed by atoms with Crippen LogP contribution in [0, 0.1) is 0 Å². The highest BCUT2D eigenvalue weighted by molar-refractivity contribution is 5.32. The predicted molar refractivity (Wildman–Crippen MR) is 82.9 cm³/mol. The summed E-state index contributed by atoms with van der Waals surface area (Å²) in [4.78, 5) is 0. The van der Waals surface area contributed by atoms with Crippen LogP contribution in [0.25, 0.3) is 0 Å². The molecule has 0 aromatic heterocycles. The molecular weight excluding hydrogens is 248 g/mol. The second-order valence-corrected chi connectivity index (χ2v) is 4.83. The normalized spacial score (nSPS) is 12.1. The Morgan fingerprint density at radius 1 is 0.950 bits per heavy atom. The fraction of sp³-hybridized carbons (Fsp3) is 0.294. The molecule has 0 radical (unpaired) electrons. The largest absolute Gasteiger partial charge is 0.492 e. The summed E-state index contributed by atoms with van der Waals surface area (Å²) in [5.41, 5.74) is 13.9. The van der Waals surface area contributed by atoms with Gasteiger partial charge in [0, 0.05) is 12.5 Å². The molecule has 20 heavy (non-hydrogen) atoms. The molecule has 106 valence electrons. The number of hydrogen-bond acceptors (Lipinski definition) is 3. The number of benzene rings is 2. The van der Waals surface area contributed by atoms with E-state index in [1.807, 2.05) is 18.2 Å². The van der Waals surface area contributed by atoms with Gasteiger partial charge in [0.15, 0.2) is 0 Å². The molecule has 0 saturated carbocycles. The molecule has 0 bridgehead atoms. The van der Waals surface area contributed by atoms with Crippen LogP contribution < -0.4 is 16.2 Å². The number of hydrogen-bond donors (Lipinski definition) is 2. The first kappa shape index (κ1) is 14.6. The summed E-state index contributed by atoms with van der Waals surface area (Å²) in [5.74, 6) is 1.17. The molecule has 0 aliphatic carbocycles. The fourth-order valence-electron chi connectivity index (χ4n) is 2.27. The first-order chi connectivity index (χ1) is 9.83. The summed E-state index contributed by atoms with van der Waals surface area (Å²) < 4.78 is 5.57. The zero-order valence-corrected chi connectivity index (χ0v) is 11.7. The summed E-state index contributed by atoms with van der Waals surface area (Å²) in [6, 6.07) is 18.6. The van der Waals surface area contributed by atoms with Crippen molar-refractivity contribution in [3.05, 3.63) is 65.7 Å². The van der Waals surface area contributed by atoms with Crippen LogP contribution in [0.2, 0.25) is 0 Å². The van der Waals surface area contributed by atoms with E-state index in [1.54, 1.807) is 0 Å². The van der Waals surface area contributed by atoms with Gasteiger partial charge in [-0.05, 0) is 36.2 Å². The monoisotopic (exact) mass is 270 g/mol. The van der Waals surface area contributed by atoms with Crippen LogP contribution in [0.15, 0.2) is 54.6 Å². The van der Waals surface area contributed by atoms with Crippen LogP contribution in [0.4, 0.5) is 0 Å². The summed E-state index contributed by atoms with van der Waals surface area (Å²) in [6.45, 7) is 1.68. The van der Waals surface area contributed by atoms with Crippen LogP contribution in [0.5, 0.6) is 5.75 Å². The fourth-order valence-corrected chi connectivity index (χ4v) is 2.27. The van der Waals surface area contributed by atoms with Gasteiger partial charge < -0.3 is 16.2 Å². The second kappa shape index (κ2) is 7.68. The van der Waals surface area contributed by atoms with Gasteiger partial charge in [-0.2, -0.15) is 0 Å². The summed E-state index contributed by atoms with van der Waals surface area (Å²) in [6.07, 6.45) is 0.942. The van der Waals surface area contributed by atoms with Crippen molar-refractivity contribution in [2.45, 2.75) is 12.3 Å². The van der Waals surface area contributed by atoms with Gasteiger partial charge in [0.05, 0.1) is 0 Å². The third-order valence-corrected chi connectivity index (χ3v) is 3.33. The molecule has 1 atom stereocenters. The molecule has 0 aliphatic rings. The highest BCUT2D eigenvalue weighted by atomic mass is 16.5. The van der Waals surface area contributed by atoms with Gasteiger partial charge in [-0.25, -0.2) is 0 Å². The lowest BCUT2D eigenvalue weighted by Crippen LogP contribution is -2.15. The van der Waals surface area contributed by atoms with E-state index in [-0.39, 0.29) is 0 Å². The van der Waals surface area contributed by atoms with E-state index in [1.165, 1.54) is 11.1 Å². The van der Waals surface area contributed by atoms with Gasteiger partial charge in [-0.3, -0.25) is 0 Å². The highest BCUT2D eigenvalue weighted by Crippen LogP contribution is 2.23. The average molecular weight is 270 g/mol. The first-order valence-electron chi connectivity index (χ1n) is 7.00. The Hall–Kier alpha value is -1.84. The van der Waals surface area contributed by atoms with E-state index in [2.05, 4.69) is 36.4 Å². The smallest absolute Gasteiger partial charge is 0.119 e. The van der Waals surface area contributed by atoms with Crippen molar-refractivity contribution in [2.24, 2.45) is 11.5 Å². The molecule has 2 aromatic rings. The first-order valence-corrected chi connectivity index (χ1v) is 7.00. The van der Waals surface area contributed by atoms with Gasteiger partial charge in [-0.1, -0.05) is 42.5 Å². The van der Waals surface area contributed by atoms with Gasteiger partial charge in [0.25, 0.3) is 0 Å². The molecule has 2 aromatic carbocycles. The number of rotatable bonds is 7. The lowest BCUT2D eigenvalue weighted by molar-refractivity contribution is 0.328. The Kier molecular flexibility index (Phi) is 5.59. The van der Waals surface area contributed by atoms with Crippen LogP contribution in [-0.2, 0) is 6.42 Å². The van der Waals surface area contributed by atoms with Crippen LogP contribution in [0.3, 0.4) is 0 Å². The van der Waals surface area contributed by atoms with E-state index in [0.717, 1.165) is 12.2 Å². The summed E-state index contributed by atoms with van der Waals surface area (Å²) >= 11 is 0. The number of nitrogens with two attached hydrogens (primary N) is 2. The molecule has 0 amide bonds. The summed E-state index contributed by atoms with van der Waals surface area (Å²) in [5, 5.41) is 0. The maximum Gasteiger partial charge on any atom is 0.119 e. The Labute approximate surface area is 120 Å². The van der Waals surface area contributed by atoms with E-state index >= 15 is 0 Å². The lowest BCUT2D eigenvalue weighted by atomic mass is 9.92. The van der Waals surface area contributed by atoms with Crippen molar-refractivity contribution in [2.75, 3.05) is 19.7 Å². The molecule has 0 heterocycles. The lowest BCUT2D eigenvalue weighted by Gasteiger charge is -2.16. The minimum Gasteiger partial charge on any atom is -0.492 e. The second-order valence-electron chi connectivity index (χ2n) is 4.83. The molecule has 1 unspecified atom stereocenters. The molecule has 2 rings (SSSR count). The minimum atomic E-state index is 0.304. The third kappa shape index (κ3) is 4.08. The van der Waals surface area contributed by atoms with E-state index in [4.69, 9.17) is 16.2 Å². The van der Waals surface area contributed by atoms with Crippen molar-refractivity contribution in [1.29, 1.82) is 0 Å². The van der Waals surface area contributed by atoms with Gasteiger partial charge >= 0.3 is 0 Å². The van der Waals surface area contributed by atoms with Crippen molar-refractivity contribution < 1.29 is 4.74 Å².